The van der Waals surface area contributed by atoms with Crippen molar-refractivity contribution in [1.82, 2.24) is 0 Å². The van der Waals surface area contributed by atoms with Gasteiger partial charge in [-0.25, -0.2) is 0 Å². The van der Waals surface area contributed by atoms with E-state index in [0.717, 1.165) is 41.4 Å². The van der Waals surface area contributed by atoms with Crippen molar-refractivity contribution in [2.45, 2.75) is 122 Å². The Kier molecular flexibility index (Phi) is 6.74. The Morgan fingerprint density at radius 1 is 0.516 bits per heavy atom. The molecule has 0 radical (unpaired) electrons. The van der Waals surface area contributed by atoms with Crippen LogP contribution in [0.25, 0.3) is 0 Å². The van der Waals surface area contributed by atoms with Crippen LogP contribution >= 0.6 is 0 Å². The van der Waals surface area contributed by atoms with Gasteiger partial charge in [-0.3, -0.25) is 0 Å². The standard InChI is InChI=1S/C31H50/c1-22(24-8-12-26(13-9-24)23(2)31(3)20-21-31)25-10-14-29(15-11-25)30-18-16-28(17-19-30)27-6-4-5-7-27/h24-30H,1-2,4-21H2,3H3. The van der Waals surface area contributed by atoms with Crippen molar-refractivity contribution in [1.29, 1.82) is 0 Å². The van der Waals surface area contributed by atoms with Gasteiger partial charge in [0.2, 0.25) is 0 Å². The lowest BCUT2D eigenvalue weighted by Gasteiger charge is -2.41. The minimum Gasteiger partial charge on any atom is -0.0993 e. The zero-order valence-corrected chi connectivity index (χ0v) is 20.7. The van der Waals surface area contributed by atoms with Crippen LogP contribution in [0.5, 0.6) is 0 Å². The van der Waals surface area contributed by atoms with E-state index >= 15 is 0 Å². The molecule has 5 aliphatic carbocycles. The molecule has 0 atom stereocenters. The second-order valence-corrected chi connectivity index (χ2v) is 13.0. The Morgan fingerprint density at radius 3 is 1.32 bits per heavy atom. The lowest BCUT2D eigenvalue weighted by molar-refractivity contribution is 0.128. The first-order valence-electron chi connectivity index (χ1n) is 14.4. The molecule has 5 aliphatic rings. The summed E-state index contributed by atoms with van der Waals surface area (Å²) in [6, 6.07) is 0. The summed E-state index contributed by atoms with van der Waals surface area (Å²) in [5.74, 6) is 6.80. The van der Waals surface area contributed by atoms with Gasteiger partial charge in [-0.15, -0.1) is 0 Å². The zero-order chi connectivity index (χ0) is 21.4. The van der Waals surface area contributed by atoms with Gasteiger partial charge in [0.25, 0.3) is 0 Å². The predicted molar refractivity (Wildman–Crippen MR) is 134 cm³/mol. The van der Waals surface area contributed by atoms with E-state index < -0.39 is 0 Å². The van der Waals surface area contributed by atoms with E-state index in [4.69, 9.17) is 6.58 Å². The summed E-state index contributed by atoms with van der Waals surface area (Å²) in [5, 5.41) is 0. The molecule has 0 heteroatoms. The van der Waals surface area contributed by atoms with E-state index in [1.165, 1.54) is 77.0 Å². The molecule has 5 saturated carbocycles. The first-order chi connectivity index (χ1) is 15.0. The minimum atomic E-state index is 0.517. The van der Waals surface area contributed by atoms with Gasteiger partial charge in [0.05, 0.1) is 0 Å². The molecular formula is C31H50. The number of hydrogen-bond donors (Lipinski definition) is 0. The van der Waals surface area contributed by atoms with Crippen LogP contribution in [-0.4, -0.2) is 0 Å². The SMILES string of the molecule is C=C(C1CCC(C(=C)C2(C)CC2)CC1)C1CCC(C2CCC(C3CCCC3)CC2)CC1. The van der Waals surface area contributed by atoms with Crippen LogP contribution in [0, 0.1) is 46.8 Å². The maximum absolute atomic E-state index is 4.70. The van der Waals surface area contributed by atoms with Gasteiger partial charge in [-0.05, 0) is 137 Å². The Morgan fingerprint density at radius 2 is 0.871 bits per heavy atom. The van der Waals surface area contributed by atoms with E-state index in [2.05, 4.69) is 13.5 Å². The highest BCUT2D eigenvalue weighted by atomic mass is 14.5. The molecule has 0 bridgehead atoms. The van der Waals surface area contributed by atoms with Crippen LogP contribution in [0.2, 0.25) is 0 Å². The number of allylic oxidation sites excluding steroid dienone is 2. The van der Waals surface area contributed by atoms with Crippen molar-refractivity contribution in [2.75, 3.05) is 0 Å². The molecule has 31 heavy (non-hydrogen) atoms. The van der Waals surface area contributed by atoms with Gasteiger partial charge in [0.1, 0.15) is 0 Å². The normalized spacial score (nSPS) is 41.1. The van der Waals surface area contributed by atoms with Crippen LogP contribution in [0.4, 0.5) is 0 Å². The average molecular weight is 423 g/mol. The van der Waals surface area contributed by atoms with Crippen molar-refractivity contribution in [3.05, 3.63) is 24.3 Å². The molecule has 0 N–H and O–H groups in total. The molecule has 0 saturated heterocycles. The minimum absolute atomic E-state index is 0.517. The first kappa shape index (κ1) is 22.3. The van der Waals surface area contributed by atoms with Gasteiger partial charge in [-0.2, -0.15) is 0 Å². The Balaban J connectivity index is 1.03. The highest BCUT2D eigenvalue weighted by Gasteiger charge is 2.43. The van der Waals surface area contributed by atoms with E-state index in [9.17, 15) is 0 Å². The molecule has 0 aromatic rings. The van der Waals surface area contributed by atoms with Crippen molar-refractivity contribution in [2.24, 2.45) is 46.8 Å². The lowest BCUT2D eigenvalue weighted by Crippen LogP contribution is -2.29. The topological polar surface area (TPSA) is 0 Å². The van der Waals surface area contributed by atoms with Gasteiger partial charge in [0.15, 0.2) is 0 Å². The summed E-state index contributed by atoms with van der Waals surface area (Å²) in [6.07, 6.45) is 26.7. The fourth-order valence-corrected chi connectivity index (χ4v) is 8.63. The average Bonchev–Trinajstić information content (AvgIpc) is 3.34. The van der Waals surface area contributed by atoms with Crippen LogP contribution < -0.4 is 0 Å². The van der Waals surface area contributed by atoms with Gasteiger partial charge in [0, 0.05) is 0 Å². The van der Waals surface area contributed by atoms with Crippen LogP contribution in [0.15, 0.2) is 24.3 Å². The highest BCUT2D eigenvalue weighted by Crippen LogP contribution is 2.56. The Labute approximate surface area is 193 Å². The van der Waals surface area contributed by atoms with E-state index in [1.54, 1.807) is 49.7 Å². The molecule has 0 nitrogen and oxygen atoms in total. The van der Waals surface area contributed by atoms with E-state index in [1.807, 2.05) is 0 Å². The molecule has 0 heterocycles. The van der Waals surface area contributed by atoms with Gasteiger partial charge < -0.3 is 0 Å². The summed E-state index contributed by atoms with van der Waals surface area (Å²) in [5.41, 5.74) is 3.77. The van der Waals surface area contributed by atoms with Crippen molar-refractivity contribution in [3.8, 4) is 0 Å². The number of hydrogen-bond acceptors (Lipinski definition) is 0. The molecule has 0 spiro atoms. The quantitative estimate of drug-likeness (QED) is 0.374. The van der Waals surface area contributed by atoms with Crippen molar-refractivity contribution >= 4 is 0 Å². The largest absolute Gasteiger partial charge is 0.0993 e. The fraction of sp³-hybridized carbons (Fsp3) is 0.871. The second kappa shape index (κ2) is 9.38. The fourth-order valence-electron chi connectivity index (χ4n) is 8.63. The Bertz CT molecular complexity index is 621. The maximum Gasteiger partial charge on any atom is -0.0116 e. The molecule has 0 aromatic carbocycles. The summed E-state index contributed by atoms with van der Waals surface area (Å²) in [7, 11) is 0. The predicted octanol–water partition coefficient (Wildman–Crippen LogP) is 9.51. The van der Waals surface area contributed by atoms with Crippen LogP contribution in [-0.2, 0) is 0 Å². The first-order valence-corrected chi connectivity index (χ1v) is 14.4. The molecule has 5 fully saturated rings. The third-order valence-corrected chi connectivity index (χ3v) is 11.4. The molecule has 0 amide bonds. The third kappa shape index (κ3) is 4.89. The smallest absolute Gasteiger partial charge is 0.0116 e. The summed E-state index contributed by atoms with van der Waals surface area (Å²) < 4.78 is 0. The highest BCUT2D eigenvalue weighted by molar-refractivity contribution is 5.21. The van der Waals surface area contributed by atoms with Crippen molar-refractivity contribution < 1.29 is 0 Å². The maximum atomic E-state index is 4.70. The van der Waals surface area contributed by atoms with E-state index in [-0.39, 0.29) is 0 Å². The van der Waals surface area contributed by atoms with Gasteiger partial charge >= 0.3 is 0 Å². The molecule has 0 aliphatic heterocycles. The summed E-state index contributed by atoms with van der Waals surface area (Å²) in [4.78, 5) is 0. The van der Waals surface area contributed by atoms with E-state index in [0.29, 0.717) is 5.41 Å². The third-order valence-electron chi connectivity index (χ3n) is 11.4. The summed E-state index contributed by atoms with van der Waals surface area (Å²) in [6.45, 7) is 11.7. The molecule has 0 unspecified atom stereocenters. The Hall–Kier alpha value is -0.520. The molecule has 0 aromatic heterocycles. The monoisotopic (exact) mass is 422 g/mol. The van der Waals surface area contributed by atoms with Crippen LogP contribution in [0.1, 0.15) is 122 Å². The molecular weight excluding hydrogens is 372 g/mol. The molecule has 5 rings (SSSR count). The van der Waals surface area contributed by atoms with Crippen molar-refractivity contribution in [3.63, 3.8) is 0 Å². The summed E-state index contributed by atoms with van der Waals surface area (Å²) >= 11 is 0. The lowest BCUT2D eigenvalue weighted by atomic mass is 9.64. The zero-order valence-electron chi connectivity index (χ0n) is 20.7. The second-order valence-electron chi connectivity index (χ2n) is 13.0. The van der Waals surface area contributed by atoms with Gasteiger partial charge in [-0.1, -0.05) is 56.9 Å². The molecule has 174 valence electrons. The van der Waals surface area contributed by atoms with Crippen LogP contribution in [0.3, 0.4) is 0 Å². The number of rotatable bonds is 6.